The Morgan fingerprint density at radius 3 is 2.19 bits per heavy atom. The zero-order valence-corrected chi connectivity index (χ0v) is 15.6. The van der Waals surface area contributed by atoms with Crippen LogP contribution >= 0.6 is 0 Å². The topological polar surface area (TPSA) is 60.9 Å². The molecule has 6 heteroatoms. The predicted molar refractivity (Wildman–Crippen MR) is 98.1 cm³/mol. The van der Waals surface area contributed by atoms with Gasteiger partial charge in [-0.2, -0.15) is 0 Å². The maximum absolute atomic E-state index is 12.4. The van der Waals surface area contributed by atoms with Gasteiger partial charge in [0.15, 0.2) is 0 Å². The van der Waals surface area contributed by atoms with Crippen molar-refractivity contribution >= 4 is 17.8 Å². The van der Waals surface area contributed by atoms with Crippen molar-refractivity contribution in [3.8, 4) is 0 Å². The van der Waals surface area contributed by atoms with Crippen molar-refractivity contribution in [3.05, 3.63) is 35.9 Å². The quantitative estimate of drug-likeness (QED) is 0.579. The van der Waals surface area contributed by atoms with Crippen LogP contribution in [0.25, 0.3) is 0 Å². The first kappa shape index (κ1) is 18.6. The summed E-state index contributed by atoms with van der Waals surface area (Å²) < 4.78 is 0. The van der Waals surface area contributed by atoms with Crippen LogP contribution in [0.2, 0.25) is 0 Å². The fourth-order valence-electron chi connectivity index (χ4n) is 3.68. The number of urea groups is 1. The minimum Gasteiger partial charge on any atom is -0.285 e. The molecule has 0 spiro atoms. The SMILES string of the molecule is CC(C)CN1C(=O)C(=O)N(CN2CCC(Cc3ccccc3)CC2)C1=O. The van der Waals surface area contributed by atoms with Gasteiger partial charge in [0.2, 0.25) is 0 Å². The minimum atomic E-state index is -0.693. The second-order valence-corrected chi connectivity index (χ2v) is 7.72. The molecule has 0 N–H and O–H groups in total. The molecule has 26 heavy (non-hydrogen) atoms. The summed E-state index contributed by atoms with van der Waals surface area (Å²) in [6.45, 7) is 6.03. The van der Waals surface area contributed by atoms with Crippen LogP contribution in [0.3, 0.4) is 0 Å². The van der Waals surface area contributed by atoms with Crippen molar-refractivity contribution in [2.75, 3.05) is 26.3 Å². The molecule has 140 valence electrons. The van der Waals surface area contributed by atoms with Crippen LogP contribution in [0, 0.1) is 11.8 Å². The van der Waals surface area contributed by atoms with Gasteiger partial charge in [-0.15, -0.1) is 0 Å². The van der Waals surface area contributed by atoms with E-state index in [2.05, 4.69) is 29.2 Å². The third kappa shape index (κ3) is 4.12. The van der Waals surface area contributed by atoms with Crippen molar-refractivity contribution in [1.29, 1.82) is 0 Å². The standard InChI is InChI=1S/C20H27N3O3/c1-15(2)13-22-18(24)19(25)23(20(22)26)14-21-10-8-17(9-11-21)12-16-6-4-3-5-7-16/h3-7,15,17H,8-14H2,1-2H3. The maximum atomic E-state index is 12.4. The first-order valence-electron chi connectivity index (χ1n) is 9.39. The van der Waals surface area contributed by atoms with Crippen LogP contribution in [0.1, 0.15) is 32.3 Å². The molecule has 0 unspecified atom stereocenters. The summed E-state index contributed by atoms with van der Waals surface area (Å²) in [4.78, 5) is 40.9. The number of amides is 4. The van der Waals surface area contributed by atoms with Gasteiger partial charge in [-0.3, -0.25) is 19.4 Å². The largest absolute Gasteiger partial charge is 0.335 e. The first-order valence-corrected chi connectivity index (χ1v) is 9.39. The van der Waals surface area contributed by atoms with E-state index in [4.69, 9.17) is 0 Å². The van der Waals surface area contributed by atoms with E-state index in [0.717, 1.165) is 42.2 Å². The summed E-state index contributed by atoms with van der Waals surface area (Å²) in [6.07, 6.45) is 3.14. The summed E-state index contributed by atoms with van der Waals surface area (Å²) in [7, 11) is 0. The van der Waals surface area contributed by atoms with Crippen LogP contribution < -0.4 is 0 Å². The fraction of sp³-hybridized carbons (Fsp3) is 0.550. The highest BCUT2D eigenvalue weighted by Crippen LogP contribution is 2.23. The number of carbonyl (C=O) groups is 3. The number of imide groups is 2. The molecule has 0 aromatic heterocycles. The highest BCUT2D eigenvalue weighted by molar-refractivity contribution is 6.44. The number of nitrogens with zero attached hydrogens (tertiary/aromatic N) is 3. The molecule has 3 rings (SSSR count). The number of hydrogen-bond donors (Lipinski definition) is 0. The number of carbonyl (C=O) groups excluding carboxylic acids is 3. The monoisotopic (exact) mass is 357 g/mol. The Hall–Kier alpha value is -2.21. The molecule has 2 saturated heterocycles. The van der Waals surface area contributed by atoms with Gasteiger partial charge in [-0.25, -0.2) is 9.69 Å². The molecule has 0 aliphatic carbocycles. The van der Waals surface area contributed by atoms with Gasteiger partial charge >= 0.3 is 17.8 Å². The lowest BCUT2D eigenvalue weighted by Crippen LogP contribution is -2.45. The zero-order valence-electron chi connectivity index (χ0n) is 15.6. The predicted octanol–water partition coefficient (Wildman–Crippen LogP) is 2.35. The van der Waals surface area contributed by atoms with Crippen LogP contribution in [0.4, 0.5) is 4.79 Å². The van der Waals surface area contributed by atoms with Gasteiger partial charge in [-0.05, 0) is 36.7 Å². The maximum Gasteiger partial charge on any atom is 0.335 e. The molecule has 0 saturated carbocycles. The second-order valence-electron chi connectivity index (χ2n) is 7.72. The van der Waals surface area contributed by atoms with Crippen LogP contribution in [-0.4, -0.2) is 58.8 Å². The summed E-state index contributed by atoms with van der Waals surface area (Å²) in [5.41, 5.74) is 1.35. The normalized spacial score (nSPS) is 19.9. The molecule has 0 bridgehead atoms. The molecule has 2 aliphatic heterocycles. The van der Waals surface area contributed by atoms with E-state index in [1.54, 1.807) is 0 Å². The van der Waals surface area contributed by atoms with Gasteiger partial charge in [0.05, 0.1) is 6.67 Å². The van der Waals surface area contributed by atoms with E-state index in [-0.39, 0.29) is 12.6 Å². The molecule has 2 fully saturated rings. The van der Waals surface area contributed by atoms with Gasteiger partial charge in [0.1, 0.15) is 0 Å². The highest BCUT2D eigenvalue weighted by atomic mass is 16.2. The molecule has 6 nitrogen and oxygen atoms in total. The van der Waals surface area contributed by atoms with Crippen molar-refractivity contribution in [2.24, 2.45) is 11.8 Å². The third-order valence-corrected chi connectivity index (χ3v) is 5.10. The van der Waals surface area contributed by atoms with Crippen molar-refractivity contribution < 1.29 is 14.4 Å². The Morgan fingerprint density at radius 1 is 0.962 bits per heavy atom. The number of hydrogen-bond acceptors (Lipinski definition) is 4. The smallest absolute Gasteiger partial charge is 0.285 e. The van der Waals surface area contributed by atoms with E-state index in [1.165, 1.54) is 5.56 Å². The Balaban J connectivity index is 1.52. The molecule has 1 aromatic carbocycles. The van der Waals surface area contributed by atoms with Gasteiger partial charge < -0.3 is 0 Å². The average molecular weight is 357 g/mol. The number of likely N-dealkylation sites (tertiary alicyclic amines) is 1. The summed E-state index contributed by atoms with van der Waals surface area (Å²) in [5.74, 6) is -0.619. The number of rotatable bonds is 6. The lowest BCUT2D eigenvalue weighted by Gasteiger charge is -2.33. The van der Waals surface area contributed by atoms with E-state index in [0.29, 0.717) is 12.5 Å². The average Bonchev–Trinajstić information content (AvgIpc) is 2.82. The number of piperidine rings is 1. The number of benzene rings is 1. The van der Waals surface area contributed by atoms with Crippen molar-refractivity contribution in [1.82, 2.24) is 14.7 Å². The third-order valence-electron chi connectivity index (χ3n) is 5.10. The molecule has 2 aliphatic rings. The van der Waals surface area contributed by atoms with Gasteiger partial charge in [0.25, 0.3) is 0 Å². The van der Waals surface area contributed by atoms with Crippen LogP contribution in [0.5, 0.6) is 0 Å². The highest BCUT2D eigenvalue weighted by Gasteiger charge is 2.45. The summed E-state index contributed by atoms with van der Waals surface area (Å²) >= 11 is 0. The Morgan fingerprint density at radius 2 is 1.58 bits per heavy atom. The van der Waals surface area contributed by atoms with E-state index in [9.17, 15) is 14.4 Å². The van der Waals surface area contributed by atoms with E-state index in [1.807, 2.05) is 19.9 Å². The Bertz CT molecular complexity index is 666. The molecular formula is C20H27N3O3. The summed E-state index contributed by atoms with van der Waals surface area (Å²) in [5, 5.41) is 0. The van der Waals surface area contributed by atoms with Crippen LogP contribution in [-0.2, 0) is 16.0 Å². The Labute approximate surface area is 154 Å². The minimum absolute atomic E-state index is 0.143. The molecule has 4 amide bonds. The summed E-state index contributed by atoms with van der Waals surface area (Å²) in [6, 6.07) is 10.00. The first-order chi connectivity index (χ1) is 12.5. The van der Waals surface area contributed by atoms with Gasteiger partial charge in [-0.1, -0.05) is 44.2 Å². The van der Waals surface area contributed by atoms with Gasteiger partial charge in [0, 0.05) is 19.6 Å². The lowest BCUT2D eigenvalue weighted by molar-refractivity contribution is -0.144. The molecule has 0 atom stereocenters. The molecule has 1 aromatic rings. The Kier molecular flexibility index (Phi) is 5.71. The van der Waals surface area contributed by atoms with Crippen LogP contribution in [0.15, 0.2) is 30.3 Å². The zero-order chi connectivity index (χ0) is 18.7. The van der Waals surface area contributed by atoms with Crippen molar-refractivity contribution in [3.63, 3.8) is 0 Å². The molecular weight excluding hydrogens is 330 g/mol. The van der Waals surface area contributed by atoms with E-state index >= 15 is 0 Å². The molecule has 2 heterocycles. The molecule has 0 radical (unpaired) electrons. The lowest BCUT2D eigenvalue weighted by atomic mass is 9.90. The van der Waals surface area contributed by atoms with E-state index < -0.39 is 17.8 Å². The second kappa shape index (κ2) is 7.99. The van der Waals surface area contributed by atoms with Crippen molar-refractivity contribution in [2.45, 2.75) is 33.1 Å². The fourth-order valence-corrected chi connectivity index (χ4v) is 3.68.